The molecule has 0 aromatic carbocycles. The van der Waals surface area contributed by atoms with Crippen molar-refractivity contribution in [1.29, 1.82) is 5.26 Å². The summed E-state index contributed by atoms with van der Waals surface area (Å²) in [7, 11) is 0. The molecule has 17 heavy (non-hydrogen) atoms. The fourth-order valence-electron chi connectivity index (χ4n) is 3.18. The van der Waals surface area contributed by atoms with Crippen LogP contribution in [0.4, 0.5) is 0 Å². The largest absolute Gasteiger partial charge is 0.373 e. The Morgan fingerprint density at radius 3 is 2.41 bits per heavy atom. The average Bonchev–Trinajstić information content (AvgIpc) is 2.97. The molecule has 0 saturated carbocycles. The molecule has 90 valence electrons. The smallest absolute Gasteiger partial charge is 0.235 e. The minimum Gasteiger partial charge on any atom is -0.373 e. The molecule has 3 aliphatic rings. The highest BCUT2D eigenvalue weighted by molar-refractivity contribution is 8.03. The lowest BCUT2D eigenvalue weighted by Crippen LogP contribution is -2.35. The summed E-state index contributed by atoms with van der Waals surface area (Å²) in [5.41, 5.74) is 0. The van der Waals surface area contributed by atoms with Crippen molar-refractivity contribution < 1.29 is 14.3 Å². The summed E-state index contributed by atoms with van der Waals surface area (Å²) in [6.07, 6.45) is 1.70. The van der Waals surface area contributed by atoms with Gasteiger partial charge in [-0.25, -0.2) is 0 Å². The lowest BCUT2D eigenvalue weighted by molar-refractivity contribution is -0.142. The number of thiocyanates is 1. The van der Waals surface area contributed by atoms with Crippen molar-refractivity contribution in [3.8, 4) is 5.40 Å². The van der Waals surface area contributed by atoms with Crippen LogP contribution >= 0.6 is 11.8 Å². The highest BCUT2D eigenvalue weighted by atomic mass is 32.2. The summed E-state index contributed by atoms with van der Waals surface area (Å²) in [6, 6.07) is 0. The van der Waals surface area contributed by atoms with Gasteiger partial charge in [-0.2, -0.15) is 5.26 Å². The van der Waals surface area contributed by atoms with Crippen molar-refractivity contribution in [3.05, 3.63) is 0 Å². The molecule has 3 aliphatic heterocycles. The van der Waals surface area contributed by atoms with Gasteiger partial charge in [0.2, 0.25) is 11.8 Å². The molecule has 0 aromatic heterocycles. The van der Waals surface area contributed by atoms with Crippen molar-refractivity contribution in [2.75, 3.05) is 12.3 Å². The highest BCUT2D eigenvalue weighted by Gasteiger charge is 2.62. The van der Waals surface area contributed by atoms with Gasteiger partial charge in [-0.3, -0.25) is 14.5 Å². The molecule has 0 spiro atoms. The van der Waals surface area contributed by atoms with Gasteiger partial charge in [-0.15, -0.1) is 0 Å². The van der Waals surface area contributed by atoms with E-state index in [1.54, 1.807) is 0 Å². The summed E-state index contributed by atoms with van der Waals surface area (Å²) in [6.45, 7) is 0.350. The van der Waals surface area contributed by atoms with Crippen molar-refractivity contribution >= 4 is 23.6 Å². The maximum Gasteiger partial charge on any atom is 0.235 e. The summed E-state index contributed by atoms with van der Waals surface area (Å²) in [4.78, 5) is 25.6. The maximum absolute atomic E-state index is 12.1. The number of thioether (sulfide) groups is 1. The molecular weight excluding hydrogens is 240 g/mol. The van der Waals surface area contributed by atoms with Gasteiger partial charge in [0.25, 0.3) is 0 Å². The first kappa shape index (κ1) is 11.1. The normalized spacial score (nSPS) is 38.6. The molecule has 0 aromatic rings. The molecule has 4 unspecified atom stereocenters. The Kier molecular flexibility index (Phi) is 2.60. The van der Waals surface area contributed by atoms with Gasteiger partial charge in [-0.05, 0) is 24.6 Å². The number of imide groups is 1. The second-order valence-electron chi connectivity index (χ2n) is 4.61. The molecule has 3 rings (SSSR count). The first-order chi connectivity index (χ1) is 8.24. The minimum atomic E-state index is -0.242. The molecule has 3 heterocycles. The number of fused-ring (bicyclic) bond motifs is 5. The van der Waals surface area contributed by atoms with E-state index in [0.717, 1.165) is 24.6 Å². The van der Waals surface area contributed by atoms with Crippen LogP contribution < -0.4 is 0 Å². The fourth-order valence-corrected chi connectivity index (χ4v) is 3.54. The van der Waals surface area contributed by atoms with Gasteiger partial charge in [0.15, 0.2) is 0 Å². The Labute approximate surface area is 103 Å². The molecule has 2 amide bonds. The molecule has 2 bridgehead atoms. The van der Waals surface area contributed by atoms with Gasteiger partial charge in [0.05, 0.1) is 24.0 Å². The van der Waals surface area contributed by atoms with Crippen LogP contribution in [0.2, 0.25) is 0 Å². The number of rotatable bonds is 3. The zero-order chi connectivity index (χ0) is 12.0. The average molecular weight is 252 g/mol. The molecule has 4 atom stereocenters. The van der Waals surface area contributed by atoms with Crippen LogP contribution in [-0.4, -0.2) is 41.2 Å². The van der Waals surface area contributed by atoms with Crippen LogP contribution in [-0.2, 0) is 14.3 Å². The SMILES string of the molecule is N#CSCCN1C(=O)C2C3CCC(O3)C2C1=O. The third kappa shape index (κ3) is 1.49. The van der Waals surface area contributed by atoms with E-state index in [9.17, 15) is 9.59 Å². The first-order valence-corrected chi connectivity index (χ1v) is 6.74. The molecule has 0 aliphatic carbocycles. The van der Waals surface area contributed by atoms with Crippen LogP contribution in [0.25, 0.3) is 0 Å². The quantitative estimate of drug-likeness (QED) is 0.412. The second kappa shape index (κ2) is 4.00. The third-order valence-electron chi connectivity index (χ3n) is 3.86. The zero-order valence-electron chi connectivity index (χ0n) is 9.17. The number of ether oxygens (including phenoxy) is 1. The Morgan fingerprint density at radius 1 is 1.29 bits per heavy atom. The number of hydrogen-bond acceptors (Lipinski definition) is 5. The molecule has 3 saturated heterocycles. The van der Waals surface area contributed by atoms with E-state index in [1.807, 2.05) is 5.40 Å². The molecule has 3 fully saturated rings. The van der Waals surface area contributed by atoms with Crippen LogP contribution in [0.3, 0.4) is 0 Å². The highest BCUT2D eigenvalue weighted by Crippen LogP contribution is 2.48. The van der Waals surface area contributed by atoms with Crippen LogP contribution in [0.15, 0.2) is 0 Å². The van der Waals surface area contributed by atoms with E-state index in [1.165, 1.54) is 4.90 Å². The van der Waals surface area contributed by atoms with E-state index in [2.05, 4.69) is 0 Å². The Balaban J connectivity index is 1.75. The second-order valence-corrected chi connectivity index (χ2v) is 5.49. The molecule has 0 N–H and O–H groups in total. The van der Waals surface area contributed by atoms with Crippen molar-refractivity contribution in [1.82, 2.24) is 4.90 Å². The van der Waals surface area contributed by atoms with Gasteiger partial charge >= 0.3 is 0 Å². The molecule has 6 heteroatoms. The van der Waals surface area contributed by atoms with Crippen LogP contribution in [0.1, 0.15) is 12.8 Å². The number of nitriles is 1. The lowest BCUT2D eigenvalue weighted by atomic mass is 9.81. The number of likely N-dealkylation sites (tertiary alicyclic amines) is 1. The van der Waals surface area contributed by atoms with Crippen LogP contribution in [0.5, 0.6) is 0 Å². The van der Waals surface area contributed by atoms with Crippen molar-refractivity contribution in [2.45, 2.75) is 25.0 Å². The fraction of sp³-hybridized carbons (Fsp3) is 0.727. The number of carbonyl (C=O) groups is 2. The Morgan fingerprint density at radius 2 is 1.88 bits per heavy atom. The number of amides is 2. The molecule has 0 radical (unpaired) electrons. The summed E-state index contributed by atoms with van der Waals surface area (Å²) >= 11 is 1.07. The van der Waals surface area contributed by atoms with E-state index >= 15 is 0 Å². The van der Waals surface area contributed by atoms with Crippen molar-refractivity contribution in [2.24, 2.45) is 11.8 Å². The summed E-state index contributed by atoms with van der Waals surface area (Å²) in [5, 5.41) is 10.4. The first-order valence-electron chi connectivity index (χ1n) is 5.75. The van der Waals surface area contributed by atoms with E-state index in [-0.39, 0.29) is 35.9 Å². The maximum atomic E-state index is 12.1. The minimum absolute atomic E-state index is 0.0462. The third-order valence-corrected chi connectivity index (χ3v) is 4.37. The molecule has 5 nitrogen and oxygen atoms in total. The van der Waals surface area contributed by atoms with E-state index in [4.69, 9.17) is 10.00 Å². The number of nitrogens with zero attached hydrogens (tertiary/aromatic N) is 2. The summed E-state index contributed by atoms with van der Waals surface area (Å²) < 4.78 is 5.63. The van der Waals surface area contributed by atoms with Crippen molar-refractivity contribution in [3.63, 3.8) is 0 Å². The van der Waals surface area contributed by atoms with Gasteiger partial charge in [-0.1, -0.05) is 0 Å². The van der Waals surface area contributed by atoms with E-state index < -0.39 is 0 Å². The zero-order valence-corrected chi connectivity index (χ0v) is 9.98. The standard InChI is InChI=1S/C11H12N2O3S/c12-5-17-4-3-13-10(14)8-6-1-2-7(16-6)9(8)11(13)15/h6-9H,1-4H2. The predicted octanol–water partition coefficient (Wildman–Crippen LogP) is 0.363. The monoisotopic (exact) mass is 252 g/mol. The Hall–Kier alpha value is -1.06. The van der Waals surface area contributed by atoms with Gasteiger partial charge in [0.1, 0.15) is 5.40 Å². The topological polar surface area (TPSA) is 70.4 Å². The lowest BCUT2D eigenvalue weighted by Gasteiger charge is -2.16. The summed E-state index contributed by atoms with van der Waals surface area (Å²) in [5.74, 6) is -0.179. The van der Waals surface area contributed by atoms with Gasteiger partial charge in [0, 0.05) is 12.3 Å². The van der Waals surface area contributed by atoms with E-state index in [0.29, 0.717) is 12.3 Å². The van der Waals surface area contributed by atoms with Gasteiger partial charge < -0.3 is 4.74 Å². The number of carbonyl (C=O) groups excluding carboxylic acids is 2. The van der Waals surface area contributed by atoms with Crippen LogP contribution in [0, 0.1) is 22.5 Å². The molecular formula is C11H12N2O3S. The number of hydrogen-bond donors (Lipinski definition) is 0. The predicted molar refractivity (Wildman–Crippen MR) is 59.7 cm³/mol. The Bertz CT molecular complexity index is 391.